The molecule has 0 unspecified atom stereocenters. The average molecular weight is 380 g/mol. The lowest BCUT2D eigenvalue weighted by atomic mass is 9.96. The number of carbonyl (C=O) groups excluding carboxylic acids is 1. The number of hydrogen-bond acceptors (Lipinski definition) is 4. The first-order valence-corrected chi connectivity index (χ1v) is 10.9. The molecule has 2 aliphatic heterocycles. The topological polar surface area (TPSA) is 60.9 Å². The molecule has 2 fully saturated rings. The lowest BCUT2D eigenvalue weighted by Crippen LogP contribution is -2.53. The van der Waals surface area contributed by atoms with Crippen LogP contribution in [-0.4, -0.2) is 73.7 Å². The zero-order valence-electron chi connectivity index (χ0n) is 15.7. The fourth-order valence-corrected chi connectivity index (χ4v) is 5.29. The highest BCUT2D eigenvalue weighted by atomic mass is 32.2. The maximum Gasteiger partial charge on any atom is 0.243 e. The van der Waals surface area contributed by atoms with Gasteiger partial charge in [0, 0.05) is 51.2 Å². The van der Waals surface area contributed by atoms with Crippen LogP contribution in [0, 0.1) is 5.92 Å². The van der Waals surface area contributed by atoms with E-state index in [2.05, 4.69) is 18.7 Å². The van der Waals surface area contributed by atoms with Crippen molar-refractivity contribution in [2.24, 2.45) is 5.92 Å². The van der Waals surface area contributed by atoms with Crippen molar-refractivity contribution in [1.29, 1.82) is 0 Å². The quantitative estimate of drug-likeness (QED) is 0.798. The molecule has 144 valence electrons. The van der Waals surface area contributed by atoms with E-state index in [0.29, 0.717) is 36.9 Å². The minimum Gasteiger partial charge on any atom is -0.340 e. The van der Waals surface area contributed by atoms with Gasteiger partial charge >= 0.3 is 0 Å². The second kappa shape index (κ2) is 8.06. The predicted molar refractivity (Wildman–Crippen MR) is 101 cm³/mol. The molecule has 7 heteroatoms. The molecule has 0 bridgehead atoms. The molecule has 0 radical (unpaired) electrons. The summed E-state index contributed by atoms with van der Waals surface area (Å²) in [6.07, 6.45) is 1.21. The van der Waals surface area contributed by atoms with Crippen molar-refractivity contribution in [2.75, 3.05) is 39.3 Å². The zero-order valence-corrected chi connectivity index (χ0v) is 16.5. The lowest BCUT2D eigenvalue weighted by molar-refractivity contribution is -0.138. The molecule has 1 aromatic carbocycles. The summed E-state index contributed by atoms with van der Waals surface area (Å²) in [4.78, 5) is 17.5. The second-order valence-electron chi connectivity index (χ2n) is 7.45. The Kier molecular flexibility index (Phi) is 5.99. The van der Waals surface area contributed by atoms with E-state index in [4.69, 9.17) is 0 Å². The fraction of sp³-hybridized carbons (Fsp3) is 0.632. The molecule has 0 N–H and O–H groups in total. The molecule has 1 aromatic rings. The molecule has 0 saturated carbocycles. The number of rotatable bonds is 4. The average Bonchev–Trinajstić information content (AvgIpc) is 2.68. The van der Waals surface area contributed by atoms with Crippen LogP contribution in [0.3, 0.4) is 0 Å². The highest BCUT2D eigenvalue weighted by Gasteiger charge is 2.34. The summed E-state index contributed by atoms with van der Waals surface area (Å²) < 4.78 is 26.9. The van der Waals surface area contributed by atoms with Crippen molar-refractivity contribution in [2.45, 2.75) is 37.6 Å². The van der Waals surface area contributed by atoms with E-state index in [1.807, 2.05) is 11.0 Å². The standard InChI is InChI=1S/C19H29N3O3S/c1-16(2)20-12-14-21(15-13-20)19(23)17-8-10-22(11-9-17)26(24,25)18-6-4-3-5-7-18/h3-7,16-17H,8-15H2,1-2H3. The summed E-state index contributed by atoms with van der Waals surface area (Å²) in [7, 11) is -3.45. The normalized spacial score (nSPS) is 21.3. The number of piperidine rings is 1. The number of nitrogens with zero attached hydrogens (tertiary/aromatic N) is 3. The van der Waals surface area contributed by atoms with Gasteiger partial charge in [-0.3, -0.25) is 9.69 Å². The molecule has 1 amide bonds. The summed E-state index contributed by atoms with van der Waals surface area (Å²) in [5.41, 5.74) is 0. The number of sulfonamides is 1. The van der Waals surface area contributed by atoms with Gasteiger partial charge in [0.05, 0.1) is 4.90 Å². The molecule has 3 rings (SSSR count). The van der Waals surface area contributed by atoms with Gasteiger partial charge in [0.2, 0.25) is 15.9 Å². The van der Waals surface area contributed by atoms with E-state index >= 15 is 0 Å². The Morgan fingerprint density at radius 2 is 1.54 bits per heavy atom. The third kappa shape index (κ3) is 4.10. The molecular formula is C19H29N3O3S. The van der Waals surface area contributed by atoms with Gasteiger partial charge in [0.15, 0.2) is 0 Å². The lowest BCUT2D eigenvalue weighted by Gasteiger charge is -2.39. The highest BCUT2D eigenvalue weighted by Crippen LogP contribution is 2.25. The van der Waals surface area contributed by atoms with Gasteiger partial charge < -0.3 is 4.90 Å². The van der Waals surface area contributed by atoms with Crippen LogP contribution in [0.2, 0.25) is 0 Å². The van der Waals surface area contributed by atoms with E-state index in [-0.39, 0.29) is 11.8 Å². The molecule has 0 aromatic heterocycles. The van der Waals surface area contributed by atoms with Crippen molar-refractivity contribution in [1.82, 2.24) is 14.1 Å². The Morgan fingerprint density at radius 1 is 0.962 bits per heavy atom. The molecule has 0 spiro atoms. The van der Waals surface area contributed by atoms with E-state index in [1.54, 1.807) is 24.3 Å². The summed E-state index contributed by atoms with van der Waals surface area (Å²) in [5.74, 6) is 0.146. The van der Waals surface area contributed by atoms with Crippen molar-refractivity contribution >= 4 is 15.9 Å². The van der Waals surface area contributed by atoms with Gasteiger partial charge in [-0.1, -0.05) is 18.2 Å². The number of hydrogen-bond donors (Lipinski definition) is 0. The number of benzene rings is 1. The van der Waals surface area contributed by atoms with Crippen molar-refractivity contribution in [3.8, 4) is 0 Å². The first-order valence-electron chi connectivity index (χ1n) is 9.47. The Labute approximate surface area is 156 Å². The maximum atomic E-state index is 12.8. The minimum absolute atomic E-state index is 0.0529. The van der Waals surface area contributed by atoms with Crippen LogP contribution >= 0.6 is 0 Å². The van der Waals surface area contributed by atoms with Gasteiger partial charge in [-0.2, -0.15) is 4.31 Å². The number of piperazine rings is 1. The van der Waals surface area contributed by atoms with Crippen LogP contribution < -0.4 is 0 Å². The molecule has 2 saturated heterocycles. The van der Waals surface area contributed by atoms with Crippen molar-refractivity contribution in [3.05, 3.63) is 30.3 Å². The van der Waals surface area contributed by atoms with E-state index in [1.165, 1.54) is 4.31 Å². The monoisotopic (exact) mass is 379 g/mol. The molecular weight excluding hydrogens is 350 g/mol. The van der Waals surface area contributed by atoms with Gasteiger partial charge in [-0.05, 0) is 38.8 Å². The Morgan fingerprint density at radius 3 is 2.08 bits per heavy atom. The summed E-state index contributed by atoms with van der Waals surface area (Å²) in [6, 6.07) is 9.04. The van der Waals surface area contributed by atoms with E-state index in [0.717, 1.165) is 26.2 Å². The third-order valence-electron chi connectivity index (χ3n) is 5.54. The number of carbonyl (C=O) groups is 1. The molecule has 2 heterocycles. The molecule has 26 heavy (non-hydrogen) atoms. The fourth-order valence-electron chi connectivity index (χ4n) is 3.80. The molecule has 2 aliphatic rings. The smallest absolute Gasteiger partial charge is 0.243 e. The second-order valence-corrected chi connectivity index (χ2v) is 9.38. The predicted octanol–water partition coefficient (Wildman–Crippen LogP) is 1.64. The summed E-state index contributed by atoms with van der Waals surface area (Å²) in [5, 5.41) is 0. The molecule has 6 nitrogen and oxygen atoms in total. The molecule has 0 aliphatic carbocycles. The van der Waals surface area contributed by atoms with Crippen molar-refractivity contribution in [3.63, 3.8) is 0 Å². The van der Waals surface area contributed by atoms with Gasteiger partial charge in [0.25, 0.3) is 0 Å². The number of amides is 1. The summed E-state index contributed by atoms with van der Waals surface area (Å²) >= 11 is 0. The van der Waals surface area contributed by atoms with E-state index < -0.39 is 10.0 Å². The van der Waals surface area contributed by atoms with Gasteiger partial charge in [-0.15, -0.1) is 0 Å². The maximum absolute atomic E-state index is 12.8. The summed E-state index contributed by atoms with van der Waals surface area (Å²) in [6.45, 7) is 8.59. The highest BCUT2D eigenvalue weighted by molar-refractivity contribution is 7.89. The van der Waals surface area contributed by atoms with Crippen LogP contribution in [0.15, 0.2) is 35.2 Å². The molecule has 0 atom stereocenters. The SMILES string of the molecule is CC(C)N1CCN(C(=O)C2CCN(S(=O)(=O)c3ccccc3)CC2)CC1. The Balaban J connectivity index is 1.55. The van der Waals surface area contributed by atoms with Crippen LogP contribution in [0.5, 0.6) is 0 Å². The van der Waals surface area contributed by atoms with Gasteiger partial charge in [0.1, 0.15) is 0 Å². The van der Waals surface area contributed by atoms with Crippen molar-refractivity contribution < 1.29 is 13.2 Å². The van der Waals surface area contributed by atoms with E-state index in [9.17, 15) is 13.2 Å². The van der Waals surface area contributed by atoms with Crippen LogP contribution in [0.1, 0.15) is 26.7 Å². The third-order valence-corrected chi connectivity index (χ3v) is 7.45. The minimum atomic E-state index is -3.45. The first-order chi connectivity index (χ1) is 12.4. The van der Waals surface area contributed by atoms with Crippen LogP contribution in [0.4, 0.5) is 0 Å². The van der Waals surface area contributed by atoms with Crippen LogP contribution in [0.25, 0.3) is 0 Å². The Bertz CT molecular complexity index is 705. The van der Waals surface area contributed by atoms with Crippen LogP contribution in [-0.2, 0) is 14.8 Å². The van der Waals surface area contributed by atoms with Gasteiger partial charge in [-0.25, -0.2) is 8.42 Å². The largest absolute Gasteiger partial charge is 0.340 e. The first kappa shape index (κ1) is 19.3. The Hall–Kier alpha value is -1.44. The zero-order chi connectivity index (χ0) is 18.7.